The lowest BCUT2D eigenvalue weighted by atomic mass is 9.76. The molecule has 1 aliphatic carbocycles. The summed E-state index contributed by atoms with van der Waals surface area (Å²) in [5.41, 5.74) is 1.84. The Bertz CT molecular complexity index is 418. The summed E-state index contributed by atoms with van der Waals surface area (Å²) in [5, 5.41) is 4.59. The molecule has 1 aliphatic rings. The Morgan fingerprint density at radius 2 is 1.76 bits per heavy atom. The van der Waals surface area contributed by atoms with Gasteiger partial charge in [-0.1, -0.05) is 50.9 Å². The quantitative estimate of drug-likeness (QED) is 0.728. The van der Waals surface area contributed by atoms with Gasteiger partial charge >= 0.3 is 0 Å². The highest BCUT2D eigenvalue weighted by Crippen LogP contribution is 2.36. The first-order chi connectivity index (χ1) is 9.95. The molecule has 2 unspecified atom stereocenters. The molecule has 1 aromatic carbocycles. The molecular weight excluding hydrogens is 278 g/mol. The van der Waals surface area contributed by atoms with Crippen LogP contribution in [0.1, 0.15) is 58.4 Å². The van der Waals surface area contributed by atoms with Crippen molar-refractivity contribution in [2.45, 2.75) is 65.3 Å². The van der Waals surface area contributed by atoms with Crippen molar-refractivity contribution in [1.82, 2.24) is 5.32 Å². The lowest BCUT2D eigenvalue weighted by molar-refractivity contribution is 0.213. The summed E-state index contributed by atoms with van der Waals surface area (Å²) in [6.45, 7) is 8.26. The van der Waals surface area contributed by atoms with Gasteiger partial charge in [-0.3, -0.25) is 0 Å². The molecule has 1 saturated carbocycles. The molecule has 0 aliphatic heterocycles. The zero-order chi connectivity index (χ0) is 15.3. The van der Waals surface area contributed by atoms with Crippen molar-refractivity contribution in [2.24, 2.45) is 11.3 Å². The maximum absolute atomic E-state index is 5.92. The van der Waals surface area contributed by atoms with Crippen LogP contribution >= 0.6 is 11.6 Å². The van der Waals surface area contributed by atoms with Crippen molar-refractivity contribution < 1.29 is 0 Å². The van der Waals surface area contributed by atoms with Crippen molar-refractivity contribution >= 4 is 11.6 Å². The average molecular weight is 308 g/mol. The first-order valence-corrected chi connectivity index (χ1v) is 8.81. The van der Waals surface area contributed by atoms with E-state index in [9.17, 15) is 0 Å². The van der Waals surface area contributed by atoms with E-state index in [2.05, 4.69) is 38.2 Å². The van der Waals surface area contributed by atoms with Gasteiger partial charge in [0, 0.05) is 11.1 Å². The number of rotatable bonds is 4. The second-order valence-corrected chi connectivity index (χ2v) is 8.04. The van der Waals surface area contributed by atoms with E-state index in [-0.39, 0.29) is 0 Å². The van der Waals surface area contributed by atoms with Gasteiger partial charge in [0.2, 0.25) is 0 Å². The number of benzene rings is 1. The van der Waals surface area contributed by atoms with Crippen LogP contribution in [0.25, 0.3) is 0 Å². The fourth-order valence-electron chi connectivity index (χ4n) is 3.44. The van der Waals surface area contributed by atoms with Gasteiger partial charge in [0.1, 0.15) is 0 Å². The van der Waals surface area contributed by atoms with Crippen LogP contribution in [-0.4, -0.2) is 12.6 Å². The Hall–Kier alpha value is -0.530. The van der Waals surface area contributed by atoms with E-state index < -0.39 is 0 Å². The maximum Gasteiger partial charge on any atom is 0.0406 e. The van der Waals surface area contributed by atoms with Crippen molar-refractivity contribution in [3.8, 4) is 0 Å². The molecular formula is C19H30ClN. The molecule has 1 N–H and O–H groups in total. The van der Waals surface area contributed by atoms with Gasteiger partial charge in [-0.25, -0.2) is 0 Å². The molecule has 1 aromatic rings. The lowest BCUT2D eigenvalue weighted by Crippen LogP contribution is -2.30. The minimum Gasteiger partial charge on any atom is -0.314 e. The highest BCUT2D eigenvalue weighted by molar-refractivity contribution is 6.30. The van der Waals surface area contributed by atoms with Crippen molar-refractivity contribution in [1.29, 1.82) is 0 Å². The Morgan fingerprint density at radius 3 is 2.43 bits per heavy atom. The monoisotopic (exact) mass is 307 g/mol. The van der Waals surface area contributed by atoms with Crippen molar-refractivity contribution in [3.05, 3.63) is 34.9 Å². The third-order valence-electron chi connectivity index (χ3n) is 4.95. The Balaban J connectivity index is 1.73. The third kappa shape index (κ3) is 5.64. The molecule has 2 rings (SSSR count). The molecule has 118 valence electrons. The number of nitrogens with one attached hydrogen (secondary N) is 1. The molecule has 0 spiro atoms. The summed E-state index contributed by atoms with van der Waals surface area (Å²) in [6.07, 6.45) is 7.92. The highest BCUT2D eigenvalue weighted by Gasteiger charge is 2.27. The van der Waals surface area contributed by atoms with Gasteiger partial charge in [-0.05, 0) is 67.7 Å². The van der Waals surface area contributed by atoms with Crippen LogP contribution in [0.4, 0.5) is 0 Å². The lowest BCUT2D eigenvalue weighted by Gasteiger charge is -2.29. The van der Waals surface area contributed by atoms with E-state index >= 15 is 0 Å². The molecule has 2 atom stereocenters. The molecule has 0 bridgehead atoms. The molecule has 2 heteroatoms. The van der Waals surface area contributed by atoms with Crippen molar-refractivity contribution in [3.63, 3.8) is 0 Å². The molecule has 0 radical (unpaired) electrons. The minimum absolute atomic E-state index is 0.470. The van der Waals surface area contributed by atoms with E-state index in [1.165, 1.54) is 37.7 Å². The molecule has 1 nitrogen and oxygen atoms in total. The van der Waals surface area contributed by atoms with Crippen LogP contribution in [0, 0.1) is 11.3 Å². The predicted octanol–water partition coefficient (Wildman–Crippen LogP) is 5.47. The molecule has 0 heterocycles. The molecule has 0 amide bonds. The number of halogens is 1. The standard InChI is InChI=1S/C19H30ClN/c1-19(2,3)16-5-4-6-18(12-9-16)21-14-13-15-7-10-17(20)11-8-15/h7-8,10-11,16,18,21H,4-6,9,12-14H2,1-3H3. The van der Waals surface area contributed by atoms with Gasteiger partial charge in [0.05, 0.1) is 0 Å². The first-order valence-electron chi connectivity index (χ1n) is 8.43. The first kappa shape index (κ1) is 16.8. The predicted molar refractivity (Wildman–Crippen MR) is 93.0 cm³/mol. The summed E-state index contributed by atoms with van der Waals surface area (Å²) in [7, 11) is 0. The summed E-state index contributed by atoms with van der Waals surface area (Å²) >= 11 is 5.92. The Morgan fingerprint density at radius 1 is 1.05 bits per heavy atom. The maximum atomic E-state index is 5.92. The van der Waals surface area contributed by atoms with E-state index in [0.29, 0.717) is 11.5 Å². The molecule has 0 saturated heterocycles. The van der Waals surface area contributed by atoms with Crippen LogP contribution in [0.3, 0.4) is 0 Å². The topological polar surface area (TPSA) is 12.0 Å². The van der Waals surface area contributed by atoms with Crippen LogP contribution < -0.4 is 5.32 Å². The molecule has 21 heavy (non-hydrogen) atoms. The largest absolute Gasteiger partial charge is 0.314 e. The average Bonchev–Trinajstić information content (AvgIpc) is 2.66. The van der Waals surface area contributed by atoms with Crippen LogP contribution in [0.5, 0.6) is 0 Å². The van der Waals surface area contributed by atoms with Gasteiger partial charge in [-0.2, -0.15) is 0 Å². The minimum atomic E-state index is 0.470. The van der Waals surface area contributed by atoms with Gasteiger partial charge < -0.3 is 5.32 Å². The van der Waals surface area contributed by atoms with E-state index in [4.69, 9.17) is 11.6 Å². The molecule has 1 fully saturated rings. The zero-order valence-electron chi connectivity index (χ0n) is 13.8. The second-order valence-electron chi connectivity index (χ2n) is 7.60. The van der Waals surface area contributed by atoms with Gasteiger partial charge in [-0.15, -0.1) is 0 Å². The summed E-state index contributed by atoms with van der Waals surface area (Å²) in [6, 6.07) is 8.94. The van der Waals surface area contributed by atoms with E-state index in [1.807, 2.05) is 12.1 Å². The zero-order valence-corrected chi connectivity index (χ0v) is 14.5. The van der Waals surface area contributed by atoms with Gasteiger partial charge in [0.15, 0.2) is 0 Å². The third-order valence-corrected chi connectivity index (χ3v) is 5.21. The highest BCUT2D eigenvalue weighted by atomic mass is 35.5. The van der Waals surface area contributed by atoms with E-state index in [1.54, 1.807) is 0 Å². The van der Waals surface area contributed by atoms with Crippen molar-refractivity contribution in [2.75, 3.05) is 6.54 Å². The normalized spacial score (nSPS) is 23.8. The molecule has 0 aromatic heterocycles. The number of hydrogen-bond acceptors (Lipinski definition) is 1. The Labute approximate surface area is 135 Å². The van der Waals surface area contributed by atoms with E-state index in [0.717, 1.165) is 23.9 Å². The SMILES string of the molecule is CC(C)(C)C1CCCC(NCCc2ccc(Cl)cc2)CC1. The fourth-order valence-corrected chi connectivity index (χ4v) is 3.57. The van der Waals surface area contributed by atoms with Crippen LogP contribution in [0.15, 0.2) is 24.3 Å². The summed E-state index contributed by atoms with van der Waals surface area (Å²) < 4.78 is 0. The summed E-state index contributed by atoms with van der Waals surface area (Å²) in [5.74, 6) is 0.889. The van der Waals surface area contributed by atoms with Crippen LogP contribution in [0.2, 0.25) is 5.02 Å². The summed E-state index contributed by atoms with van der Waals surface area (Å²) in [4.78, 5) is 0. The second kappa shape index (κ2) is 7.65. The van der Waals surface area contributed by atoms with Crippen LogP contribution in [-0.2, 0) is 6.42 Å². The van der Waals surface area contributed by atoms with Gasteiger partial charge in [0.25, 0.3) is 0 Å². The fraction of sp³-hybridized carbons (Fsp3) is 0.684. The Kier molecular flexibility index (Phi) is 6.13. The number of hydrogen-bond donors (Lipinski definition) is 1. The smallest absolute Gasteiger partial charge is 0.0406 e.